The second-order valence-corrected chi connectivity index (χ2v) is 9.56. The molecule has 1 amide bonds. The SMILES string of the molecule is Cc1cccc(OCCCCn2c([C@H]3CC(=O)N(C(C)(C)C)C3)nc3ccccc32)c1. The molecular formula is C26H33N3O2. The van der Waals surface area contributed by atoms with Gasteiger partial charge in [-0.3, -0.25) is 4.79 Å². The monoisotopic (exact) mass is 419 g/mol. The molecule has 164 valence electrons. The number of carbonyl (C=O) groups excluding carboxylic acids is 1. The van der Waals surface area contributed by atoms with E-state index in [1.807, 2.05) is 23.1 Å². The van der Waals surface area contributed by atoms with Crippen molar-refractivity contribution in [3.8, 4) is 5.75 Å². The fraction of sp³-hybridized carbons (Fsp3) is 0.462. The van der Waals surface area contributed by atoms with E-state index in [1.165, 1.54) is 5.56 Å². The Labute approximate surface area is 185 Å². The van der Waals surface area contributed by atoms with E-state index in [4.69, 9.17) is 9.72 Å². The average molecular weight is 420 g/mol. The normalized spacial score (nSPS) is 17.0. The number of fused-ring (bicyclic) bond motifs is 1. The van der Waals surface area contributed by atoms with Gasteiger partial charge in [-0.15, -0.1) is 0 Å². The van der Waals surface area contributed by atoms with E-state index in [1.54, 1.807) is 0 Å². The molecule has 5 nitrogen and oxygen atoms in total. The summed E-state index contributed by atoms with van der Waals surface area (Å²) in [5.41, 5.74) is 3.21. The van der Waals surface area contributed by atoms with Gasteiger partial charge in [-0.1, -0.05) is 24.3 Å². The summed E-state index contributed by atoms with van der Waals surface area (Å²) in [6, 6.07) is 16.5. The lowest BCUT2D eigenvalue weighted by Crippen LogP contribution is -2.42. The van der Waals surface area contributed by atoms with Crippen molar-refractivity contribution in [1.29, 1.82) is 0 Å². The molecular weight excluding hydrogens is 386 g/mol. The molecule has 3 aromatic rings. The van der Waals surface area contributed by atoms with Crippen molar-refractivity contribution in [3.05, 3.63) is 59.9 Å². The van der Waals surface area contributed by atoms with Gasteiger partial charge < -0.3 is 14.2 Å². The first-order valence-electron chi connectivity index (χ1n) is 11.3. The van der Waals surface area contributed by atoms with Gasteiger partial charge in [0.2, 0.25) is 5.91 Å². The minimum atomic E-state index is -0.157. The third-order valence-electron chi connectivity index (χ3n) is 6.02. The number of imidazole rings is 1. The minimum Gasteiger partial charge on any atom is -0.494 e. The number of unbranched alkanes of at least 4 members (excludes halogenated alkanes) is 1. The topological polar surface area (TPSA) is 47.4 Å². The van der Waals surface area contributed by atoms with Crippen LogP contribution >= 0.6 is 0 Å². The molecule has 0 radical (unpaired) electrons. The molecule has 5 heteroatoms. The molecule has 1 saturated heterocycles. The summed E-state index contributed by atoms with van der Waals surface area (Å²) in [4.78, 5) is 19.6. The molecule has 0 N–H and O–H groups in total. The van der Waals surface area contributed by atoms with Crippen molar-refractivity contribution >= 4 is 16.9 Å². The van der Waals surface area contributed by atoms with Gasteiger partial charge in [0, 0.05) is 31.0 Å². The number of amides is 1. The fourth-order valence-electron chi connectivity index (χ4n) is 4.44. The molecule has 1 atom stereocenters. The molecule has 1 aromatic heterocycles. The van der Waals surface area contributed by atoms with Crippen LogP contribution in [0.3, 0.4) is 0 Å². The van der Waals surface area contributed by atoms with E-state index in [-0.39, 0.29) is 17.4 Å². The molecule has 2 aromatic carbocycles. The summed E-state index contributed by atoms with van der Waals surface area (Å²) >= 11 is 0. The van der Waals surface area contributed by atoms with Crippen molar-refractivity contribution in [2.45, 2.75) is 65.0 Å². The Balaban J connectivity index is 1.45. The van der Waals surface area contributed by atoms with Crippen LogP contribution in [0.2, 0.25) is 0 Å². The number of hydrogen-bond donors (Lipinski definition) is 0. The van der Waals surface area contributed by atoms with Crippen molar-refractivity contribution in [2.75, 3.05) is 13.2 Å². The molecule has 1 aliphatic heterocycles. The van der Waals surface area contributed by atoms with Gasteiger partial charge in [0.15, 0.2) is 0 Å². The van der Waals surface area contributed by atoms with Crippen LogP contribution < -0.4 is 4.74 Å². The minimum absolute atomic E-state index is 0.141. The highest BCUT2D eigenvalue weighted by Crippen LogP contribution is 2.34. The molecule has 0 aliphatic carbocycles. The predicted molar refractivity (Wildman–Crippen MR) is 124 cm³/mol. The summed E-state index contributed by atoms with van der Waals surface area (Å²) < 4.78 is 8.24. The van der Waals surface area contributed by atoms with Gasteiger partial charge in [0.05, 0.1) is 17.6 Å². The van der Waals surface area contributed by atoms with Crippen LogP contribution in [-0.4, -0.2) is 39.0 Å². The number of nitrogens with zero attached hydrogens (tertiary/aromatic N) is 3. The van der Waals surface area contributed by atoms with Crippen molar-refractivity contribution < 1.29 is 9.53 Å². The molecule has 31 heavy (non-hydrogen) atoms. The first-order valence-corrected chi connectivity index (χ1v) is 11.3. The van der Waals surface area contributed by atoms with Gasteiger partial charge in [-0.2, -0.15) is 0 Å². The Kier molecular flexibility index (Phi) is 6.03. The average Bonchev–Trinajstić information content (AvgIpc) is 3.28. The highest BCUT2D eigenvalue weighted by Gasteiger charge is 2.38. The van der Waals surface area contributed by atoms with Gasteiger partial charge in [-0.25, -0.2) is 4.98 Å². The predicted octanol–water partition coefficient (Wildman–Crippen LogP) is 5.32. The van der Waals surface area contributed by atoms with E-state index in [0.717, 1.165) is 48.5 Å². The first kappa shape index (κ1) is 21.4. The first-order chi connectivity index (χ1) is 14.8. The summed E-state index contributed by atoms with van der Waals surface area (Å²) in [7, 11) is 0. The molecule has 1 fully saturated rings. The summed E-state index contributed by atoms with van der Waals surface area (Å²) in [5.74, 6) is 2.34. The molecule has 0 saturated carbocycles. The Morgan fingerprint density at radius 2 is 1.90 bits per heavy atom. The van der Waals surface area contributed by atoms with Gasteiger partial charge in [0.1, 0.15) is 11.6 Å². The number of hydrogen-bond acceptors (Lipinski definition) is 3. The molecule has 0 bridgehead atoms. The van der Waals surface area contributed by atoms with Crippen LogP contribution in [0, 0.1) is 6.92 Å². The zero-order valence-corrected chi connectivity index (χ0v) is 19.1. The van der Waals surface area contributed by atoms with Crippen molar-refractivity contribution in [2.24, 2.45) is 0 Å². The largest absolute Gasteiger partial charge is 0.494 e. The molecule has 2 heterocycles. The van der Waals surface area contributed by atoms with Gasteiger partial charge in [0.25, 0.3) is 0 Å². The smallest absolute Gasteiger partial charge is 0.223 e. The number of benzene rings is 2. The number of rotatable bonds is 7. The van der Waals surface area contributed by atoms with E-state index < -0.39 is 0 Å². The Morgan fingerprint density at radius 3 is 2.65 bits per heavy atom. The van der Waals surface area contributed by atoms with Crippen LogP contribution in [0.25, 0.3) is 11.0 Å². The maximum Gasteiger partial charge on any atom is 0.223 e. The zero-order valence-electron chi connectivity index (χ0n) is 19.1. The maximum atomic E-state index is 12.7. The van der Waals surface area contributed by atoms with Crippen molar-refractivity contribution in [3.63, 3.8) is 0 Å². The molecule has 0 unspecified atom stereocenters. The number of ether oxygens (including phenoxy) is 1. The highest BCUT2D eigenvalue weighted by molar-refractivity contribution is 5.81. The van der Waals surface area contributed by atoms with Gasteiger partial charge >= 0.3 is 0 Å². The van der Waals surface area contributed by atoms with E-state index in [2.05, 4.69) is 62.6 Å². The second-order valence-electron chi connectivity index (χ2n) is 9.56. The summed E-state index contributed by atoms with van der Waals surface area (Å²) in [6.45, 7) is 10.7. The van der Waals surface area contributed by atoms with E-state index in [9.17, 15) is 4.79 Å². The highest BCUT2D eigenvalue weighted by atomic mass is 16.5. The Bertz CT molecular complexity index is 1060. The third-order valence-corrected chi connectivity index (χ3v) is 6.02. The number of aromatic nitrogens is 2. The maximum absolute atomic E-state index is 12.7. The van der Waals surface area contributed by atoms with Crippen LogP contribution in [-0.2, 0) is 11.3 Å². The summed E-state index contributed by atoms with van der Waals surface area (Å²) in [6.07, 6.45) is 2.51. The van der Waals surface area contributed by atoms with Crippen LogP contribution in [0.5, 0.6) is 5.75 Å². The van der Waals surface area contributed by atoms with Crippen LogP contribution in [0.4, 0.5) is 0 Å². The van der Waals surface area contributed by atoms with Gasteiger partial charge in [-0.05, 0) is 70.4 Å². The quantitative estimate of drug-likeness (QED) is 0.487. The standard InChI is InChI=1S/C26H33N3O2/c1-19-10-9-11-21(16-19)31-15-8-7-14-28-23-13-6-5-12-22(23)27-25(28)20-17-24(30)29(18-20)26(2,3)4/h5-6,9-13,16,20H,7-8,14-15,17-18H2,1-4H3/t20-/m0/s1. The second kappa shape index (κ2) is 8.74. The van der Waals surface area contributed by atoms with E-state index >= 15 is 0 Å². The van der Waals surface area contributed by atoms with E-state index in [0.29, 0.717) is 13.0 Å². The lowest BCUT2D eigenvalue weighted by Gasteiger charge is -2.32. The molecule has 1 aliphatic rings. The Hall–Kier alpha value is -2.82. The third kappa shape index (κ3) is 4.76. The van der Waals surface area contributed by atoms with Crippen molar-refractivity contribution in [1.82, 2.24) is 14.5 Å². The lowest BCUT2D eigenvalue weighted by molar-refractivity contribution is -0.131. The molecule has 0 spiro atoms. The van der Waals surface area contributed by atoms with Crippen LogP contribution in [0.15, 0.2) is 48.5 Å². The zero-order chi connectivity index (χ0) is 22.0. The fourth-order valence-corrected chi connectivity index (χ4v) is 4.44. The van der Waals surface area contributed by atoms with Crippen LogP contribution in [0.1, 0.15) is 57.3 Å². The number of aryl methyl sites for hydroxylation is 2. The summed E-state index contributed by atoms with van der Waals surface area (Å²) in [5, 5.41) is 0. The number of para-hydroxylation sites is 2. The number of likely N-dealkylation sites (tertiary alicyclic amines) is 1. The number of carbonyl (C=O) groups is 1. The lowest BCUT2D eigenvalue weighted by atomic mass is 10.1. The molecule has 4 rings (SSSR count). The Morgan fingerprint density at radius 1 is 1.10 bits per heavy atom.